The minimum atomic E-state index is -0.141. The van der Waals surface area contributed by atoms with Crippen molar-refractivity contribution in [1.29, 1.82) is 0 Å². The van der Waals surface area contributed by atoms with Gasteiger partial charge in [0.2, 0.25) is 0 Å². The Morgan fingerprint density at radius 1 is 1.43 bits per heavy atom. The van der Waals surface area contributed by atoms with Gasteiger partial charge in [-0.25, -0.2) is 4.68 Å². The summed E-state index contributed by atoms with van der Waals surface area (Å²) in [6.07, 6.45) is 1.65. The lowest BCUT2D eigenvalue weighted by Gasteiger charge is -2.12. The molecular weight excluding hydrogens is 336 g/mol. The topological polar surface area (TPSA) is 63.3 Å². The van der Waals surface area contributed by atoms with Gasteiger partial charge in [0.05, 0.1) is 25.0 Å². The molecule has 2 rings (SSSR count). The molecule has 0 bridgehead atoms. The van der Waals surface area contributed by atoms with Crippen molar-refractivity contribution in [2.24, 2.45) is 0 Å². The number of hydrogen-bond donors (Lipinski definition) is 1. The number of likely N-dealkylation sites (N-methyl/N-ethyl adjacent to an activating group) is 1. The normalized spacial score (nSPS) is 11.1. The third-order valence-electron chi connectivity index (χ3n) is 2.99. The molecule has 21 heavy (non-hydrogen) atoms. The number of hydrogen-bond acceptors (Lipinski definition) is 5. The van der Waals surface area contributed by atoms with Crippen molar-refractivity contribution in [2.75, 3.05) is 26.0 Å². The van der Waals surface area contributed by atoms with Gasteiger partial charge in [-0.05, 0) is 49.1 Å². The summed E-state index contributed by atoms with van der Waals surface area (Å²) < 4.78 is 7.41. The SMILES string of the molecule is Cc1ccc(CNc2cnn(CCN(C)C)c(=O)c2Br)o1. The second-order valence-corrected chi connectivity index (χ2v) is 5.86. The summed E-state index contributed by atoms with van der Waals surface area (Å²) in [7, 11) is 3.92. The molecule has 0 aromatic carbocycles. The van der Waals surface area contributed by atoms with E-state index in [-0.39, 0.29) is 5.56 Å². The number of furan rings is 1. The monoisotopic (exact) mass is 354 g/mol. The Kier molecular flexibility index (Phi) is 5.19. The van der Waals surface area contributed by atoms with Crippen molar-refractivity contribution in [3.05, 3.63) is 44.7 Å². The van der Waals surface area contributed by atoms with Crippen molar-refractivity contribution in [3.8, 4) is 0 Å². The minimum Gasteiger partial charge on any atom is -0.465 e. The molecule has 6 nitrogen and oxygen atoms in total. The number of aryl methyl sites for hydroxylation is 1. The molecule has 1 N–H and O–H groups in total. The lowest BCUT2D eigenvalue weighted by Crippen LogP contribution is -2.29. The summed E-state index contributed by atoms with van der Waals surface area (Å²) in [6.45, 7) is 3.72. The van der Waals surface area contributed by atoms with Crippen molar-refractivity contribution in [2.45, 2.75) is 20.0 Å². The van der Waals surface area contributed by atoms with Crippen LogP contribution in [0, 0.1) is 6.92 Å². The van der Waals surface area contributed by atoms with E-state index >= 15 is 0 Å². The number of nitrogens with zero attached hydrogens (tertiary/aromatic N) is 3. The molecule has 0 saturated heterocycles. The van der Waals surface area contributed by atoms with Crippen LogP contribution in [-0.2, 0) is 13.1 Å². The largest absolute Gasteiger partial charge is 0.465 e. The van der Waals surface area contributed by atoms with Gasteiger partial charge in [-0.2, -0.15) is 5.10 Å². The number of rotatable bonds is 6. The fourth-order valence-corrected chi connectivity index (χ4v) is 2.25. The molecule has 2 aromatic rings. The summed E-state index contributed by atoms with van der Waals surface area (Å²) in [4.78, 5) is 14.2. The van der Waals surface area contributed by atoms with Crippen molar-refractivity contribution >= 4 is 21.6 Å². The van der Waals surface area contributed by atoms with Gasteiger partial charge in [-0.1, -0.05) is 0 Å². The third kappa shape index (κ3) is 4.18. The molecule has 0 aliphatic heterocycles. The molecule has 0 radical (unpaired) electrons. The van der Waals surface area contributed by atoms with Gasteiger partial charge >= 0.3 is 0 Å². The molecule has 114 valence electrons. The number of nitrogens with one attached hydrogen (secondary N) is 1. The van der Waals surface area contributed by atoms with Crippen molar-refractivity contribution in [3.63, 3.8) is 0 Å². The molecule has 2 aromatic heterocycles. The van der Waals surface area contributed by atoms with Crippen LogP contribution in [0.1, 0.15) is 11.5 Å². The first kappa shape index (κ1) is 15.8. The Hall–Kier alpha value is -1.60. The summed E-state index contributed by atoms with van der Waals surface area (Å²) in [5.74, 6) is 1.68. The fraction of sp³-hybridized carbons (Fsp3) is 0.429. The van der Waals surface area contributed by atoms with E-state index < -0.39 is 0 Å². The maximum atomic E-state index is 12.2. The van der Waals surface area contributed by atoms with E-state index in [2.05, 4.69) is 26.3 Å². The van der Waals surface area contributed by atoms with Crippen LogP contribution in [0.3, 0.4) is 0 Å². The summed E-state index contributed by atoms with van der Waals surface area (Å²) in [5.41, 5.74) is 0.521. The average Bonchev–Trinajstić information content (AvgIpc) is 2.85. The Balaban J connectivity index is 2.07. The van der Waals surface area contributed by atoms with Gasteiger partial charge in [-0.3, -0.25) is 4.79 Å². The van der Waals surface area contributed by atoms with Gasteiger partial charge in [0.15, 0.2) is 0 Å². The van der Waals surface area contributed by atoms with Crippen LogP contribution in [0.15, 0.2) is 32.0 Å². The summed E-state index contributed by atoms with van der Waals surface area (Å²) in [6, 6.07) is 3.81. The van der Waals surface area contributed by atoms with Crippen LogP contribution in [-0.4, -0.2) is 35.3 Å². The number of aromatic nitrogens is 2. The summed E-state index contributed by atoms with van der Waals surface area (Å²) in [5, 5.41) is 7.33. The van der Waals surface area contributed by atoms with E-state index in [0.717, 1.165) is 18.1 Å². The zero-order valence-corrected chi connectivity index (χ0v) is 14.0. The van der Waals surface area contributed by atoms with Gasteiger partial charge in [-0.15, -0.1) is 0 Å². The smallest absolute Gasteiger partial charge is 0.283 e. The fourth-order valence-electron chi connectivity index (χ4n) is 1.80. The predicted molar refractivity (Wildman–Crippen MR) is 85.5 cm³/mol. The Morgan fingerprint density at radius 3 is 2.81 bits per heavy atom. The molecule has 0 aliphatic carbocycles. The highest BCUT2D eigenvalue weighted by molar-refractivity contribution is 9.10. The van der Waals surface area contributed by atoms with Crippen LogP contribution in [0.4, 0.5) is 5.69 Å². The second-order valence-electron chi connectivity index (χ2n) is 5.07. The van der Waals surface area contributed by atoms with E-state index in [4.69, 9.17) is 4.42 Å². The predicted octanol–water partition coefficient (Wildman–Crippen LogP) is 2.08. The molecule has 0 aliphatic rings. The average molecular weight is 355 g/mol. The zero-order chi connectivity index (χ0) is 15.4. The van der Waals surface area contributed by atoms with Gasteiger partial charge in [0.1, 0.15) is 16.0 Å². The molecule has 0 atom stereocenters. The van der Waals surface area contributed by atoms with Crippen LogP contribution >= 0.6 is 15.9 Å². The molecule has 2 heterocycles. The first-order chi connectivity index (χ1) is 9.97. The molecule has 7 heteroatoms. The third-order valence-corrected chi connectivity index (χ3v) is 3.76. The molecular formula is C14H19BrN4O2. The first-order valence-electron chi connectivity index (χ1n) is 6.67. The number of anilines is 1. The van der Waals surface area contributed by atoms with E-state index in [0.29, 0.717) is 23.2 Å². The first-order valence-corrected chi connectivity index (χ1v) is 7.46. The maximum Gasteiger partial charge on any atom is 0.283 e. The van der Waals surface area contributed by atoms with Crippen molar-refractivity contribution < 1.29 is 4.42 Å². The second kappa shape index (κ2) is 6.91. The van der Waals surface area contributed by atoms with Gasteiger partial charge < -0.3 is 14.6 Å². The Morgan fingerprint density at radius 2 is 2.19 bits per heavy atom. The number of halogens is 1. The van der Waals surface area contributed by atoms with Crippen LogP contribution in [0.2, 0.25) is 0 Å². The van der Waals surface area contributed by atoms with E-state index in [1.807, 2.05) is 38.1 Å². The molecule has 0 spiro atoms. The van der Waals surface area contributed by atoms with Crippen LogP contribution in [0.25, 0.3) is 0 Å². The molecule has 0 unspecified atom stereocenters. The molecule has 0 fully saturated rings. The lowest BCUT2D eigenvalue weighted by molar-refractivity contribution is 0.367. The highest BCUT2D eigenvalue weighted by Crippen LogP contribution is 2.17. The minimum absolute atomic E-state index is 0.141. The maximum absolute atomic E-state index is 12.2. The zero-order valence-electron chi connectivity index (χ0n) is 12.4. The summed E-state index contributed by atoms with van der Waals surface area (Å²) >= 11 is 3.34. The van der Waals surface area contributed by atoms with E-state index in [1.165, 1.54) is 4.68 Å². The Labute approximate surface area is 131 Å². The quantitative estimate of drug-likeness (QED) is 0.860. The highest BCUT2D eigenvalue weighted by atomic mass is 79.9. The molecule has 0 saturated carbocycles. The highest BCUT2D eigenvalue weighted by Gasteiger charge is 2.09. The van der Waals surface area contributed by atoms with Crippen LogP contribution in [0.5, 0.6) is 0 Å². The Bertz CT molecular complexity index is 663. The molecule has 0 amide bonds. The van der Waals surface area contributed by atoms with Gasteiger partial charge in [0.25, 0.3) is 5.56 Å². The van der Waals surface area contributed by atoms with Crippen LogP contribution < -0.4 is 10.9 Å². The standard InChI is InChI=1S/C14H19BrN4O2/c1-10-4-5-11(21-10)8-16-12-9-17-19(7-6-18(2)3)14(20)13(12)15/h4-5,9,16H,6-8H2,1-3H3. The lowest BCUT2D eigenvalue weighted by atomic mass is 10.4. The van der Waals surface area contributed by atoms with E-state index in [1.54, 1.807) is 6.20 Å². The van der Waals surface area contributed by atoms with E-state index in [9.17, 15) is 4.79 Å². The van der Waals surface area contributed by atoms with Gasteiger partial charge in [0, 0.05) is 6.54 Å². The van der Waals surface area contributed by atoms with Crippen molar-refractivity contribution in [1.82, 2.24) is 14.7 Å².